The Kier molecular flexibility index (Phi) is 7.18. The van der Waals surface area contributed by atoms with Crippen LogP contribution in [0.25, 0.3) is 11.1 Å². The number of benzene rings is 3. The number of carboxylic acids is 1. The fourth-order valence-electron chi connectivity index (χ4n) is 3.54. The van der Waals surface area contributed by atoms with Crippen molar-refractivity contribution in [3.8, 4) is 11.1 Å². The van der Waals surface area contributed by atoms with Gasteiger partial charge in [0.25, 0.3) is 0 Å². The van der Waals surface area contributed by atoms with Crippen LogP contribution in [0.2, 0.25) is 0 Å². The molecular weight excluding hydrogens is 408 g/mol. The molecule has 0 spiro atoms. The van der Waals surface area contributed by atoms with Crippen molar-refractivity contribution in [1.29, 1.82) is 0 Å². The van der Waals surface area contributed by atoms with Crippen molar-refractivity contribution >= 4 is 17.9 Å². The molecule has 6 nitrogen and oxygen atoms in total. The van der Waals surface area contributed by atoms with E-state index in [4.69, 9.17) is 14.6 Å². The lowest BCUT2D eigenvalue weighted by Crippen LogP contribution is -2.16. The van der Waals surface area contributed by atoms with Crippen molar-refractivity contribution in [2.24, 2.45) is 0 Å². The predicted octanol–water partition coefficient (Wildman–Crippen LogP) is 4.77. The van der Waals surface area contributed by atoms with Crippen LogP contribution in [0.1, 0.15) is 42.2 Å². The highest BCUT2D eigenvalue weighted by atomic mass is 16.6. The summed E-state index contributed by atoms with van der Waals surface area (Å²) in [5.41, 5.74) is 5.71. The second-order valence-corrected chi connectivity index (χ2v) is 6.82. The molecule has 2 bridgehead atoms. The van der Waals surface area contributed by atoms with E-state index in [0.717, 1.165) is 17.5 Å². The van der Waals surface area contributed by atoms with Crippen LogP contribution in [-0.4, -0.2) is 36.2 Å². The molecule has 0 atom stereocenters. The van der Waals surface area contributed by atoms with E-state index in [1.54, 1.807) is 30.3 Å². The molecule has 0 saturated heterocycles. The SMILES string of the molecule is C=C.O=C(O)c1cccc2c1Cc1ccccc1-2.O=C1OCCOC(=O)c2ccc1cc2. The molecule has 3 aromatic rings. The number of hydrogen-bond donors (Lipinski definition) is 1. The van der Waals surface area contributed by atoms with Gasteiger partial charge in [-0.2, -0.15) is 0 Å². The number of carboxylic acid groups (broad SMARTS) is 1. The average molecular weight is 430 g/mol. The molecule has 0 aromatic heterocycles. The van der Waals surface area contributed by atoms with Crippen molar-refractivity contribution in [2.45, 2.75) is 6.42 Å². The summed E-state index contributed by atoms with van der Waals surface area (Å²) in [6.45, 7) is 6.20. The highest BCUT2D eigenvalue weighted by molar-refractivity contribution is 5.94. The molecule has 0 unspecified atom stereocenters. The Morgan fingerprint density at radius 1 is 0.750 bits per heavy atom. The van der Waals surface area contributed by atoms with Gasteiger partial charge in [0.1, 0.15) is 13.2 Å². The number of ether oxygens (including phenoxy) is 2. The summed E-state index contributed by atoms with van der Waals surface area (Å²) in [6.07, 6.45) is 0.730. The quantitative estimate of drug-likeness (QED) is 0.346. The fourth-order valence-corrected chi connectivity index (χ4v) is 3.54. The van der Waals surface area contributed by atoms with Crippen molar-refractivity contribution in [3.63, 3.8) is 0 Å². The maximum Gasteiger partial charge on any atom is 0.338 e. The molecule has 0 radical (unpaired) electrons. The smallest absolute Gasteiger partial charge is 0.338 e. The summed E-state index contributed by atoms with van der Waals surface area (Å²) >= 11 is 0. The van der Waals surface area contributed by atoms with Crippen molar-refractivity contribution in [1.82, 2.24) is 0 Å². The minimum Gasteiger partial charge on any atom is -0.478 e. The van der Waals surface area contributed by atoms with E-state index in [9.17, 15) is 14.4 Å². The van der Waals surface area contributed by atoms with Gasteiger partial charge in [0.15, 0.2) is 0 Å². The largest absolute Gasteiger partial charge is 0.478 e. The molecule has 6 heteroatoms. The van der Waals surface area contributed by atoms with Gasteiger partial charge in [0.05, 0.1) is 16.7 Å². The van der Waals surface area contributed by atoms with Crippen molar-refractivity contribution < 1.29 is 29.0 Å². The lowest BCUT2D eigenvalue weighted by Gasteiger charge is -2.09. The van der Waals surface area contributed by atoms with E-state index in [0.29, 0.717) is 16.7 Å². The van der Waals surface area contributed by atoms with Crippen LogP contribution in [0.15, 0.2) is 79.9 Å². The number of rotatable bonds is 1. The molecule has 162 valence electrons. The minimum absolute atomic E-state index is 0.100. The van der Waals surface area contributed by atoms with Gasteiger partial charge in [-0.1, -0.05) is 36.4 Å². The standard InChI is InChI=1S/C14H10O2.C10H8O4.C2H4/c15-14(16)12-7-3-6-11-10-5-2-1-4-9(10)8-13(11)12;11-9-7-1-2-8(4-3-7)10(12)14-6-5-13-9;1-2/h1-7H,8H2,(H,15,16);1-4H,5-6H2;1-2H2. The van der Waals surface area contributed by atoms with Crippen LogP contribution < -0.4 is 0 Å². The lowest BCUT2D eigenvalue weighted by molar-refractivity contribution is 0.0260. The number of carbonyl (C=O) groups excluding carboxylic acids is 2. The first-order chi connectivity index (χ1) is 15.5. The molecule has 0 fully saturated rings. The van der Waals surface area contributed by atoms with E-state index in [1.807, 2.05) is 30.3 Å². The number of fused-ring (bicyclic) bond motifs is 10. The summed E-state index contributed by atoms with van der Waals surface area (Å²) in [5, 5.41) is 9.13. The van der Waals surface area contributed by atoms with E-state index in [1.165, 1.54) is 11.1 Å². The van der Waals surface area contributed by atoms with Crippen LogP contribution in [0.4, 0.5) is 0 Å². The van der Waals surface area contributed by atoms with E-state index < -0.39 is 17.9 Å². The second kappa shape index (κ2) is 10.2. The molecular formula is C26H22O6. The topological polar surface area (TPSA) is 89.9 Å². The maximum atomic E-state index is 11.3. The Labute approximate surface area is 185 Å². The Morgan fingerprint density at radius 3 is 1.84 bits per heavy atom. The molecule has 6 rings (SSSR count). The zero-order valence-electron chi connectivity index (χ0n) is 17.4. The summed E-state index contributed by atoms with van der Waals surface area (Å²) in [6, 6.07) is 19.7. The predicted molar refractivity (Wildman–Crippen MR) is 120 cm³/mol. The highest BCUT2D eigenvalue weighted by Crippen LogP contribution is 2.37. The Hall–Kier alpha value is -4.19. The monoisotopic (exact) mass is 430 g/mol. The molecule has 0 amide bonds. The number of carbonyl (C=O) groups is 3. The molecule has 1 N–H and O–H groups in total. The van der Waals surface area contributed by atoms with Crippen LogP contribution >= 0.6 is 0 Å². The van der Waals surface area contributed by atoms with Crippen molar-refractivity contribution in [3.05, 3.63) is 108 Å². The number of esters is 2. The Morgan fingerprint density at radius 2 is 1.28 bits per heavy atom. The third-order valence-corrected chi connectivity index (χ3v) is 4.99. The van der Waals surface area contributed by atoms with Gasteiger partial charge in [-0.05, 0) is 59.0 Å². The number of hydrogen-bond acceptors (Lipinski definition) is 5. The molecule has 2 heterocycles. The van der Waals surface area contributed by atoms with E-state index in [-0.39, 0.29) is 13.2 Å². The average Bonchev–Trinajstić information content (AvgIpc) is 3.22. The first-order valence-corrected chi connectivity index (χ1v) is 9.92. The fraction of sp³-hybridized carbons (Fsp3) is 0.115. The zero-order chi connectivity index (χ0) is 23.1. The van der Waals surface area contributed by atoms with Gasteiger partial charge in [0.2, 0.25) is 0 Å². The van der Waals surface area contributed by atoms with Gasteiger partial charge in [-0.3, -0.25) is 0 Å². The number of aromatic carboxylic acids is 1. The Bertz CT molecular complexity index is 1110. The third-order valence-electron chi connectivity index (χ3n) is 4.99. The van der Waals surface area contributed by atoms with Gasteiger partial charge in [0, 0.05) is 0 Å². The second-order valence-electron chi connectivity index (χ2n) is 6.82. The lowest BCUT2D eigenvalue weighted by atomic mass is 10.0. The molecule has 32 heavy (non-hydrogen) atoms. The minimum atomic E-state index is -0.843. The van der Waals surface area contributed by atoms with Gasteiger partial charge in [-0.15, -0.1) is 13.2 Å². The molecule has 0 saturated carbocycles. The van der Waals surface area contributed by atoms with Gasteiger partial charge < -0.3 is 14.6 Å². The van der Waals surface area contributed by atoms with Crippen LogP contribution in [-0.2, 0) is 15.9 Å². The van der Waals surface area contributed by atoms with Gasteiger partial charge >= 0.3 is 17.9 Å². The van der Waals surface area contributed by atoms with Gasteiger partial charge in [-0.25, -0.2) is 14.4 Å². The van der Waals surface area contributed by atoms with Crippen LogP contribution in [0.3, 0.4) is 0 Å². The molecule has 1 aliphatic carbocycles. The third kappa shape index (κ3) is 4.75. The normalized spacial score (nSPS) is 13.1. The zero-order valence-corrected chi connectivity index (χ0v) is 17.4. The Balaban J connectivity index is 0.000000169. The first kappa shape index (κ1) is 22.5. The summed E-state index contributed by atoms with van der Waals surface area (Å²) in [4.78, 5) is 33.6. The maximum absolute atomic E-state index is 11.3. The van der Waals surface area contributed by atoms with Crippen molar-refractivity contribution in [2.75, 3.05) is 13.2 Å². The summed E-state index contributed by atoms with van der Waals surface area (Å²) < 4.78 is 9.66. The van der Waals surface area contributed by atoms with Crippen LogP contribution in [0.5, 0.6) is 0 Å². The van der Waals surface area contributed by atoms with Crippen LogP contribution in [0, 0.1) is 0 Å². The highest BCUT2D eigenvalue weighted by Gasteiger charge is 2.22. The summed E-state index contributed by atoms with van der Waals surface area (Å²) in [5.74, 6) is -1.63. The molecule has 3 aromatic carbocycles. The molecule has 2 aliphatic heterocycles. The summed E-state index contributed by atoms with van der Waals surface area (Å²) in [7, 11) is 0. The van der Waals surface area contributed by atoms with E-state index >= 15 is 0 Å². The van der Waals surface area contributed by atoms with E-state index in [2.05, 4.69) is 19.2 Å². The first-order valence-electron chi connectivity index (χ1n) is 9.92. The molecule has 3 aliphatic rings.